The van der Waals surface area contributed by atoms with Gasteiger partial charge in [-0.1, -0.05) is 17.7 Å². The van der Waals surface area contributed by atoms with Gasteiger partial charge in [0.15, 0.2) is 0 Å². The number of nitrogens with zero attached hydrogens (tertiary/aromatic N) is 2. The maximum atomic E-state index is 6.06. The molecule has 3 nitrogen and oxygen atoms in total. The summed E-state index contributed by atoms with van der Waals surface area (Å²) in [6.45, 7) is 5.46. The summed E-state index contributed by atoms with van der Waals surface area (Å²) in [6.07, 6.45) is 4.57. The fourth-order valence-corrected chi connectivity index (χ4v) is 5.00. The Bertz CT molecular complexity index is 953. The van der Waals surface area contributed by atoms with Crippen LogP contribution < -0.4 is 4.74 Å². The van der Waals surface area contributed by atoms with Gasteiger partial charge in [0.25, 0.3) is 0 Å². The molecule has 3 aromatic rings. The molecule has 1 aliphatic heterocycles. The summed E-state index contributed by atoms with van der Waals surface area (Å²) < 4.78 is 6.72. The van der Waals surface area contributed by atoms with Crippen LogP contribution in [0.1, 0.15) is 34.5 Å². The molecule has 1 aliphatic rings. The Kier molecular flexibility index (Phi) is 5.67. The largest absolute Gasteiger partial charge is 0.496 e. The summed E-state index contributed by atoms with van der Waals surface area (Å²) in [5.74, 6) is 1.01. The van der Waals surface area contributed by atoms with E-state index in [0.29, 0.717) is 0 Å². The topological polar surface area (TPSA) is 25.4 Å². The van der Waals surface area contributed by atoms with E-state index in [1.165, 1.54) is 39.2 Å². The molecule has 2 aromatic carbocycles. The van der Waals surface area contributed by atoms with Gasteiger partial charge >= 0.3 is 0 Å². The van der Waals surface area contributed by atoms with Crippen LogP contribution in [0, 0.1) is 6.92 Å². The van der Waals surface area contributed by atoms with Gasteiger partial charge in [-0.2, -0.15) is 0 Å². The molecule has 0 spiro atoms. The van der Waals surface area contributed by atoms with Crippen LogP contribution in [0.5, 0.6) is 5.75 Å². The predicted molar refractivity (Wildman–Crippen MR) is 114 cm³/mol. The second kappa shape index (κ2) is 8.17. The molecule has 1 aromatic heterocycles. The number of fused-ring (bicyclic) bond motifs is 2. The molecule has 0 saturated heterocycles. The first-order chi connectivity index (χ1) is 13.1. The van der Waals surface area contributed by atoms with Gasteiger partial charge in [-0.15, -0.1) is 11.3 Å². The summed E-state index contributed by atoms with van der Waals surface area (Å²) >= 11 is 7.85. The Morgan fingerprint density at radius 2 is 2.07 bits per heavy atom. The molecule has 0 amide bonds. The van der Waals surface area contributed by atoms with Crippen molar-refractivity contribution in [2.75, 3.05) is 20.2 Å². The number of benzene rings is 2. The molecule has 142 valence electrons. The number of ether oxygens (including phenoxy) is 1. The smallest absolute Gasteiger partial charge is 0.122 e. The molecule has 2 heterocycles. The standard InChI is InChI=1S/C22H25ClN2OS/c1-15-11-16-8-10-25(14-17(16)12-20(15)26-2)9-4-3-5-22-24-19-13-18(23)6-7-21(19)27-22/h6-7,11-13H,3-5,8-10,14H2,1-2H3. The Morgan fingerprint density at radius 1 is 1.19 bits per heavy atom. The first-order valence-electron chi connectivity index (χ1n) is 9.56. The van der Waals surface area contributed by atoms with E-state index < -0.39 is 0 Å². The molecule has 27 heavy (non-hydrogen) atoms. The molecular weight excluding hydrogens is 376 g/mol. The van der Waals surface area contributed by atoms with Crippen molar-refractivity contribution in [2.45, 2.75) is 39.2 Å². The lowest BCUT2D eigenvalue weighted by molar-refractivity contribution is 0.248. The van der Waals surface area contributed by atoms with Crippen molar-refractivity contribution in [3.05, 3.63) is 57.1 Å². The highest BCUT2D eigenvalue weighted by Crippen LogP contribution is 2.28. The minimum absolute atomic E-state index is 0.761. The summed E-state index contributed by atoms with van der Waals surface area (Å²) in [4.78, 5) is 7.29. The molecule has 0 bridgehead atoms. The first kappa shape index (κ1) is 18.7. The summed E-state index contributed by atoms with van der Waals surface area (Å²) in [6, 6.07) is 10.5. The van der Waals surface area contributed by atoms with Gasteiger partial charge in [-0.05, 0) is 80.1 Å². The number of aryl methyl sites for hydroxylation is 2. The zero-order valence-electron chi connectivity index (χ0n) is 15.9. The minimum atomic E-state index is 0.761. The molecule has 0 fully saturated rings. The lowest BCUT2D eigenvalue weighted by Crippen LogP contribution is -2.31. The van der Waals surface area contributed by atoms with E-state index in [4.69, 9.17) is 21.3 Å². The quantitative estimate of drug-likeness (QED) is 0.500. The third-order valence-electron chi connectivity index (χ3n) is 5.32. The lowest BCUT2D eigenvalue weighted by Gasteiger charge is -2.29. The molecule has 0 radical (unpaired) electrons. The van der Waals surface area contributed by atoms with Gasteiger partial charge < -0.3 is 4.74 Å². The Hall–Kier alpha value is -1.62. The van der Waals surface area contributed by atoms with Crippen molar-refractivity contribution in [3.63, 3.8) is 0 Å². The fourth-order valence-electron chi connectivity index (χ4n) is 3.85. The third kappa shape index (κ3) is 4.29. The van der Waals surface area contributed by atoms with Crippen LogP contribution in [0.2, 0.25) is 5.02 Å². The summed E-state index contributed by atoms with van der Waals surface area (Å²) in [5.41, 5.74) is 5.17. The second-order valence-electron chi connectivity index (χ2n) is 7.29. The van der Waals surface area contributed by atoms with E-state index in [0.717, 1.165) is 48.8 Å². The van der Waals surface area contributed by atoms with Gasteiger partial charge in [-0.25, -0.2) is 4.98 Å². The highest BCUT2D eigenvalue weighted by Gasteiger charge is 2.17. The second-order valence-corrected chi connectivity index (χ2v) is 8.85. The lowest BCUT2D eigenvalue weighted by atomic mass is 9.96. The highest BCUT2D eigenvalue weighted by molar-refractivity contribution is 7.18. The van der Waals surface area contributed by atoms with Crippen LogP contribution in [0.15, 0.2) is 30.3 Å². The number of hydrogen-bond donors (Lipinski definition) is 0. The van der Waals surface area contributed by atoms with Crippen LogP contribution in [0.4, 0.5) is 0 Å². The van der Waals surface area contributed by atoms with Crippen LogP contribution in [-0.4, -0.2) is 30.1 Å². The average molecular weight is 401 g/mol. The number of unbranched alkanes of at least 4 members (excludes halogenated alkanes) is 1. The number of hydrogen-bond acceptors (Lipinski definition) is 4. The average Bonchev–Trinajstić information content (AvgIpc) is 3.06. The zero-order valence-corrected chi connectivity index (χ0v) is 17.5. The van der Waals surface area contributed by atoms with E-state index in [9.17, 15) is 0 Å². The van der Waals surface area contributed by atoms with Crippen molar-refractivity contribution in [1.29, 1.82) is 0 Å². The minimum Gasteiger partial charge on any atom is -0.496 e. The van der Waals surface area contributed by atoms with Crippen LogP contribution in [-0.2, 0) is 19.4 Å². The van der Waals surface area contributed by atoms with Crippen LogP contribution in [0.3, 0.4) is 0 Å². The summed E-state index contributed by atoms with van der Waals surface area (Å²) in [7, 11) is 1.76. The van der Waals surface area contributed by atoms with Crippen molar-refractivity contribution in [1.82, 2.24) is 9.88 Å². The van der Waals surface area contributed by atoms with Gasteiger partial charge in [0, 0.05) is 18.1 Å². The molecule has 5 heteroatoms. The highest BCUT2D eigenvalue weighted by atomic mass is 35.5. The van der Waals surface area contributed by atoms with Gasteiger partial charge in [0.05, 0.1) is 22.3 Å². The number of aromatic nitrogens is 1. The van der Waals surface area contributed by atoms with Crippen molar-refractivity contribution in [2.24, 2.45) is 0 Å². The maximum absolute atomic E-state index is 6.06. The monoisotopic (exact) mass is 400 g/mol. The molecule has 0 aliphatic carbocycles. The van der Waals surface area contributed by atoms with Crippen LogP contribution in [0.25, 0.3) is 10.2 Å². The van der Waals surface area contributed by atoms with Crippen molar-refractivity contribution < 1.29 is 4.74 Å². The van der Waals surface area contributed by atoms with Gasteiger partial charge in [0.1, 0.15) is 5.75 Å². The third-order valence-corrected chi connectivity index (χ3v) is 6.65. The van der Waals surface area contributed by atoms with Crippen molar-refractivity contribution >= 4 is 33.2 Å². The molecule has 0 atom stereocenters. The SMILES string of the molecule is COc1cc2c(cc1C)CCN(CCCCc1nc3cc(Cl)ccc3s1)C2. The van der Waals surface area contributed by atoms with Crippen LogP contribution >= 0.6 is 22.9 Å². The Labute approximate surface area is 169 Å². The maximum Gasteiger partial charge on any atom is 0.122 e. The van der Waals surface area contributed by atoms with E-state index in [1.54, 1.807) is 18.4 Å². The zero-order chi connectivity index (χ0) is 18.8. The van der Waals surface area contributed by atoms with Gasteiger partial charge in [0.2, 0.25) is 0 Å². The summed E-state index contributed by atoms with van der Waals surface area (Å²) in [5, 5.41) is 1.98. The van der Waals surface area contributed by atoms with E-state index in [1.807, 2.05) is 12.1 Å². The molecule has 0 unspecified atom stereocenters. The van der Waals surface area contributed by atoms with Gasteiger partial charge in [-0.3, -0.25) is 4.90 Å². The first-order valence-corrected chi connectivity index (χ1v) is 10.8. The molecule has 0 N–H and O–H groups in total. The van der Waals surface area contributed by atoms with Crippen molar-refractivity contribution in [3.8, 4) is 5.75 Å². The molecular formula is C22H25ClN2OS. The van der Waals surface area contributed by atoms with E-state index >= 15 is 0 Å². The number of rotatable bonds is 6. The van der Waals surface area contributed by atoms with E-state index in [2.05, 4.69) is 30.0 Å². The number of halogens is 1. The molecule has 4 rings (SSSR count). The normalized spacial score (nSPS) is 14.5. The molecule has 0 saturated carbocycles. The van der Waals surface area contributed by atoms with E-state index in [-0.39, 0.29) is 0 Å². The predicted octanol–water partition coefficient (Wildman–Crippen LogP) is 5.65. The number of thiazole rings is 1. The Morgan fingerprint density at radius 3 is 2.93 bits per heavy atom. The Balaban J connectivity index is 1.29. The fraction of sp³-hybridized carbons (Fsp3) is 0.409. The number of methoxy groups -OCH3 is 1.